The van der Waals surface area contributed by atoms with Crippen molar-refractivity contribution in [3.63, 3.8) is 0 Å². The van der Waals surface area contributed by atoms with Crippen LogP contribution in [0.1, 0.15) is 38.7 Å². The molecule has 8 heteroatoms. The average Bonchev–Trinajstić information content (AvgIpc) is 3.48. The number of ketones is 1. The molecule has 1 amide bonds. The fraction of sp³-hybridized carbons (Fsp3) is 0.194. The third kappa shape index (κ3) is 4.77. The zero-order chi connectivity index (χ0) is 27.7. The number of hydrogen-bond acceptors (Lipinski definition) is 6. The van der Waals surface area contributed by atoms with Crippen LogP contribution in [0.25, 0.3) is 16.7 Å². The first-order valence-corrected chi connectivity index (χ1v) is 12.5. The van der Waals surface area contributed by atoms with Gasteiger partial charge in [0.25, 0.3) is 11.7 Å². The topological polar surface area (TPSA) is 109 Å². The molecule has 0 spiro atoms. The number of rotatable bonds is 7. The zero-order valence-corrected chi connectivity index (χ0v) is 21.9. The number of hydrogen-bond donors (Lipinski definition) is 2. The number of amides is 1. The smallest absolute Gasteiger partial charge is 0.337 e. The molecule has 1 fully saturated rings. The summed E-state index contributed by atoms with van der Waals surface area (Å²) in [4.78, 5) is 43.4. The number of H-pyrrole nitrogens is 1. The van der Waals surface area contributed by atoms with Crippen LogP contribution in [-0.2, 0) is 20.7 Å². The molecule has 39 heavy (non-hydrogen) atoms. The number of aliphatic hydroxyl groups is 1. The van der Waals surface area contributed by atoms with E-state index < -0.39 is 23.7 Å². The van der Waals surface area contributed by atoms with E-state index in [9.17, 15) is 19.5 Å². The van der Waals surface area contributed by atoms with Crippen LogP contribution in [0.4, 0.5) is 0 Å². The molecule has 1 atom stereocenters. The van der Waals surface area contributed by atoms with Crippen LogP contribution < -0.4 is 4.74 Å². The van der Waals surface area contributed by atoms with E-state index in [1.54, 1.807) is 43.5 Å². The molecule has 0 saturated carbocycles. The molecule has 5 rings (SSSR count). The largest absolute Gasteiger partial charge is 0.507 e. The Hall–Kier alpha value is -4.85. The van der Waals surface area contributed by atoms with Crippen molar-refractivity contribution < 1.29 is 29.0 Å². The average molecular weight is 525 g/mol. The lowest BCUT2D eigenvalue weighted by Gasteiger charge is -2.25. The maximum Gasteiger partial charge on any atom is 0.337 e. The van der Waals surface area contributed by atoms with E-state index in [2.05, 4.69) is 4.98 Å². The Morgan fingerprint density at radius 2 is 1.67 bits per heavy atom. The number of aromatic amines is 1. The van der Waals surface area contributed by atoms with E-state index >= 15 is 0 Å². The first kappa shape index (κ1) is 25.8. The van der Waals surface area contributed by atoms with Gasteiger partial charge in [-0.2, -0.15) is 0 Å². The number of Topliss-reactive ketones (excluding diaryl/α,β-unsaturated/α-hetero) is 1. The minimum Gasteiger partial charge on any atom is -0.507 e. The number of carbonyl (C=O) groups excluding carboxylic acids is 3. The van der Waals surface area contributed by atoms with Crippen molar-refractivity contribution >= 4 is 34.3 Å². The van der Waals surface area contributed by atoms with Crippen molar-refractivity contribution in [1.82, 2.24) is 9.88 Å². The summed E-state index contributed by atoms with van der Waals surface area (Å²) < 4.78 is 10.2. The highest BCUT2D eigenvalue weighted by atomic mass is 16.5. The summed E-state index contributed by atoms with van der Waals surface area (Å²) in [5, 5.41) is 12.2. The number of nitrogens with one attached hydrogen (secondary N) is 1. The summed E-state index contributed by atoms with van der Waals surface area (Å²) in [7, 11) is 2.90. The van der Waals surface area contributed by atoms with Crippen LogP contribution in [0.3, 0.4) is 0 Å². The van der Waals surface area contributed by atoms with Crippen molar-refractivity contribution in [3.8, 4) is 5.75 Å². The Morgan fingerprint density at radius 1 is 0.974 bits per heavy atom. The Labute approximate surface area is 225 Å². The number of fused-ring (bicyclic) bond motifs is 1. The highest BCUT2D eigenvalue weighted by molar-refractivity contribution is 6.46. The number of methoxy groups -OCH3 is 2. The number of aryl methyl sites for hydroxylation is 1. The predicted molar refractivity (Wildman–Crippen MR) is 147 cm³/mol. The lowest BCUT2D eigenvalue weighted by molar-refractivity contribution is -0.139. The maximum atomic E-state index is 13.4. The van der Waals surface area contributed by atoms with Crippen molar-refractivity contribution in [3.05, 3.63) is 106 Å². The molecule has 0 radical (unpaired) electrons. The fourth-order valence-corrected chi connectivity index (χ4v) is 4.98. The normalized spacial score (nSPS) is 16.6. The lowest BCUT2D eigenvalue weighted by Crippen LogP contribution is -2.31. The number of likely N-dealkylation sites (tertiary alicyclic amines) is 1. The second-order valence-corrected chi connectivity index (χ2v) is 9.45. The van der Waals surface area contributed by atoms with Gasteiger partial charge in [0.05, 0.1) is 31.4 Å². The van der Waals surface area contributed by atoms with Crippen molar-refractivity contribution in [2.24, 2.45) is 0 Å². The number of aromatic nitrogens is 1. The minimum absolute atomic E-state index is 0.00951. The molecular formula is C31H28N2O6. The number of ether oxygens (including phenoxy) is 2. The monoisotopic (exact) mass is 524 g/mol. The van der Waals surface area contributed by atoms with Gasteiger partial charge in [-0.25, -0.2) is 4.79 Å². The van der Waals surface area contributed by atoms with E-state index in [1.807, 2.05) is 43.5 Å². The highest BCUT2D eigenvalue weighted by Gasteiger charge is 2.45. The molecular weight excluding hydrogens is 496 g/mol. The SMILES string of the molecule is COC(=O)c1ccc([C@@H]2C(=C(O)c3ccc(C)cc3)C(=O)C(=O)N2CCc2c[nH]c3ccc(OC)cc23)cc1. The molecule has 1 aliphatic rings. The van der Waals surface area contributed by atoms with Crippen LogP contribution >= 0.6 is 0 Å². The van der Waals surface area contributed by atoms with Gasteiger partial charge < -0.3 is 24.5 Å². The van der Waals surface area contributed by atoms with Gasteiger partial charge in [-0.15, -0.1) is 0 Å². The second-order valence-electron chi connectivity index (χ2n) is 9.45. The number of nitrogens with zero attached hydrogens (tertiary/aromatic N) is 1. The maximum absolute atomic E-state index is 13.4. The van der Waals surface area contributed by atoms with Gasteiger partial charge in [-0.3, -0.25) is 9.59 Å². The first-order chi connectivity index (χ1) is 18.8. The molecule has 8 nitrogen and oxygen atoms in total. The van der Waals surface area contributed by atoms with Gasteiger partial charge in [0.2, 0.25) is 0 Å². The molecule has 1 saturated heterocycles. The molecule has 1 aliphatic heterocycles. The number of aliphatic hydroxyl groups excluding tert-OH is 1. The summed E-state index contributed by atoms with van der Waals surface area (Å²) in [6.07, 6.45) is 2.34. The van der Waals surface area contributed by atoms with Gasteiger partial charge in [0.15, 0.2) is 0 Å². The van der Waals surface area contributed by atoms with E-state index in [0.717, 1.165) is 22.0 Å². The van der Waals surface area contributed by atoms with E-state index in [0.29, 0.717) is 28.9 Å². The lowest BCUT2D eigenvalue weighted by atomic mass is 9.94. The van der Waals surface area contributed by atoms with Crippen molar-refractivity contribution in [2.75, 3.05) is 20.8 Å². The van der Waals surface area contributed by atoms with Gasteiger partial charge in [-0.05, 0) is 54.8 Å². The van der Waals surface area contributed by atoms with Gasteiger partial charge >= 0.3 is 5.97 Å². The summed E-state index contributed by atoms with van der Waals surface area (Å²) in [6.45, 7) is 2.15. The minimum atomic E-state index is -0.835. The molecule has 4 aromatic rings. The molecule has 198 valence electrons. The van der Waals surface area contributed by atoms with E-state index in [-0.39, 0.29) is 17.9 Å². The molecule has 2 heterocycles. The highest BCUT2D eigenvalue weighted by Crippen LogP contribution is 2.40. The third-order valence-electron chi connectivity index (χ3n) is 7.11. The summed E-state index contributed by atoms with van der Waals surface area (Å²) in [5.41, 5.74) is 4.28. The predicted octanol–water partition coefficient (Wildman–Crippen LogP) is 4.94. The molecule has 0 unspecified atom stereocenters. The molecule has 1 aromatic heterocycles. The molecule has 0 bridgehead atoms. The van der Waals surface area contributed by atoms with Gasteiger partial charge in [0.1, 0.15) is 11.5 Å². The van der Waals surface area contributed by atoms with Crippen LogP contribution in [-0.4, -0.2) is 53.4 Å². The van der Waals surface area contributed by atoms with Gasteiger partial charge in [-0.1, -0.05) is 42.0 Å². The fourth-order valence-electron chi connectivity index (χ4n) is 4.98. The molecule has 2 N–H and O–H groups in total. The van der Waals surface area contributed by atoms with Crippen LogP contribution in [0.2, 0.25) is 0 Å². The standard InChI is InChI=1S/C31H28N2O6/c1-18-4-6-20(7-5-18)28(34)26-27(19-8-10-21(11-9-19)31(37)39-3)33(30(36)29(26)35)15-14-22-17-32-25-13-12-23(38-2)16-24(22)25/h4-13,16-17,27,32,34H,14-15H2,1-3H3/t27-/m1/s1. The van der Waals surface area contributed by atoms with Crippen LogP contribution in [0.5, 0.6) is 5.75 Å². The van der Waals surface area contributed by atoms with Crippen molar-refractivity contribution in [2.45, 2.75) is 19.4 Å². The Balaban J connectivity index is 1.55. The summed E-state index contributed by atoms with van der Waals surface area (Å²) in [6, 6.07) is 18.5. The Bertz CT molecular complexity index is 1600. The second kappa shape index (κ2) is 10.5. The summed E-state index contributed by atoms with van der Waals surface area (Å²) in [5.74, 6) is -1.47. The Morgan fingerprint density at radius 3 is 2.33 bits per heavy atom. The number of esters is 1. The Kier molecular flexibility index (Phi) is 6.94. The zero-order valence-electron chi connectivity index (χ0n) is 21.9. The quantitative estimate of drug-likeness (QED) is 0.154. The van der Waals surface area contributed by atoms with E-state index in [1.165, 1.54) is 12.0 Å². The first-order valence-electron chi connectivity index (χ1n) is 12.5. The molecule has 3 aromatic carbocycles. The molecule has 0 aliphatic carbocycles. The van der Waals surface area contributed by atoms with Crippen molar-refractivity contribution in [1.29, 1.82) is 0 Å². The third-order valence-corrected chi connectivity index (χ3v) is 7.11. The number of benzene rings is 3. The van der Waals surface area contributed by atoms with Crippen LogP contribution in [0, 0.1) is 6.92 Å². The van der Waals surface area contributed by atoms with Crippen LogP contribution in [0.15, 0.2) is 78.5 Å². The number of carbonyl (C=O) groups is 3. The van der Waals surface area contributed by atoms with Gasteiger partial charge in [0, 0.05) is 29.2 Å². The summed E-state index contributed by atoms with van der Waals surface area (Å²) >= 11 is 0. The van der Waals surface area contributed by atoms with E-state index in [4.69, 9.17) is 9.47 Å².